The summed E-state index contributed by atoms with van der Waals surface area (Å²) in [5.74, 6) is -2.43. The number of ketones is 1. The van der Waals surface area contributed by atoms with Gasteiger partial charge in [-0.05, 0) is 24.5 Å². The Kier molecular flexibility index (Phi) is 4.24. The van der Waals surface area contributed by atoms with Crippen molar-refractivity contribution in [1.82, 2.24) is 4.98 Å². The van der Waals surface area contributed by atoms with Crippen LogP contribution in [0.1, 0.15) is 22.3 Å². The summed E-state index contributed by atoms with van der Waals surface area (Å²) in [6.45, 7) is 0. The van der Waals surface area contributed by atoms with E-state index in [0.717, 1.165) is 16.5 Å². The lowest BCUT2D eigenvalue weighted by atomic mass is 9.91. The molecule has 23 heavy (non-hydrogen) atoms. The molecule has 0 bridgehead atoms. The highest BCUT2D eigenvalue weighted by Gasteiger charge is 2.27. The fourth-order valence-corrected chi connectivity index (χ4v) is 2.81. The highest BCUT2D eigenvalue weighted by atomic mass is 16.4. The zero-order valence-corrected chi connectivity index (χ0v) is 12.5. The molecule has 0 aliphatic rings. The molecule has 4 nitrogen and oxygen atoms in total. The Bertz CT molecular complexity index is 836. The predicted octanol–water partition coefficient (Wildman–Crippen LogP) is 3.68. The third kappa shape index (κ3) is 3.16. The van der Waals surface area contributed by atoms with E-state index in [0.29, 0.717) is 12.0 Å². The number of Topliss-reactive ketones (excluding diaryl/α,β-unsaturated/α-hetero) is 1. The van der Waals surface area contributed by atoms with Crippen LogP contribution in [0.15, 0.2) is 60.8 Å². The van der Waals surface area contributed by atoms with Crippen LogP contribution >= 0.6 is 0 Å². The number of aliphatic carboxylic acids is 1. The van der Waals surface area contributed by atoms with Gasteiger partial charge in [0, 0.05) is 22.7 Å². The van der Waals surface area contributed by atoms with E-state index in [1.165, 1.54) is 0 Å². The lowest BCUT2D eigenvalue weighted by Gasteiger charge is -2.11. The average Bonchev–Trinajstić information content (AvgIpc) is 2.99. The molecule has 1 aromatic heterocycles. The summed E-state index contributed by atoms with van der Waals surface area (Å²) < 4.78 is 0. The number of fused-ring (bicyclic) bond motifs is 1. The van der Waals surface area contributed by atoms with Crippen LogP contribution in [0.2, 0.25) is 0 Å². The van der Waals surface area contributed by atoms with Gasteiger partial charge in [0.05, 0.1) is 0 Å². The topological polar surface area (TPSA) is 70.2 Å². The van der Waals surface area contributed by atoms with Gasteiger partial charge in [-0.15, -0.1) is 0 Å². The number of aromatic amines is 1. The Morgan fingerprint density at radius 2 is 1.70 bits per heavy atom. The number of carboxylic acids is 1. The van der Waals surface area contributed by atoms with Crippen molar-refractivity contribution >= 4 is 22.7 Å². The van der Waals surface area contributed by atoms with Crippen molar-refractivity contribution in [2.75, 3.05) is 0 Å². The van der Waals surface area contributed by atoms with Gasteiger partial charge >= 0.3 is 5.97 Å². The largest absolute Gasteiger partial charge is 0.481 e. The minimum atomic E-state index is -1.07. The zero-order valence-electron chi connectivity index (χ0n) is 12.5. The van der Waals surface area contributed by atoms with Gasteiger partial charge < -0.3 is 10.1 Å². The van der Waals surface area contributed by atoms with Crippen LogP contribution in [-0.2, 0) is 11.2 Å². The highest BCUT2D eigenvalue weighted by Crippen LogP contribution is 2.22. The molecule has 1 atom stereocenters. The van der Waals surface area contributed by atoms with Crippen LogP contribution in [0.25, 0.3) is 10.9 Å². The minimum Gasteiger partial charge on any atom is -0.481 e. The summed E-state index contributed by atoms with van der Waals surface area (Å²) in [5.41, 5.74) is 2.50. The van der Waals surface area contributed by atoms with Crippen molar-refractivity contribution in [1.29, 1.82) is 0 Å². The Balaban J connectivity index is 1.78. The first-order valence-corrected chi connectivity index (χ1v) is 7.54. The van der Waals surface area contributed by atoms with Gasteiger partial charge in [-0.2, -0.15) is 0 Å². The van der Waals surface area contributed by atoms with Crippen molar-refractivity contribution in [2.24, 2.45) is 5.92 Å². The van der Waals surface area contributed by atoms with E-state index in [4.69, 9.17) is 0 Å². The molecular weight excluding hydrogens is 290 g/mol. The number of aromatic nitrogens is 1. The fourth-order valence-electron chi connectivity index (χ4n) is 2.81. The van der Waals surface area contributed by atoms with Crippen LogP contribution in [0.5, 0.6) is 0 Å². The molecule has 0 saturated heterocycles. The fraction of sp³-hybridized carbons (Fsp3) is 0.158. The molecule has 116 valence electrons. The molecular formula is C19H17NO3. The standard InChI is InChI=1S/C19H17NO3/c21-18(13-6-2-1-3-7-13)16(19(22)23)11-10-14-12-20-17-9-5-4-8-15(14)17/h1-9,12,16,20H,10-11H2,(H,22,23). The number of carbonyl (C=O) groups is 2. The summed E-state index contributed by atoms with van der Waals surface area (Å²) in [6, 6.07) is 16.5. The summed E-state index contributed by atoms with van der Waals surface area (Å²) in [5, 5.41) is 10.5. The van der Waals surface area contributed by atoms with Crippen LogP contribution in [0, 0.1) is 5.92 Å². The number of carbonyl (C=O) groups excluding carboxylic acids is 1. The van der Waals surface area contributed by atoms with E-state index in [2.05, 4.69) is 4.98 Å². The maximum Gasteiger partial charge on any atom is 0.314 e. The van der Waals surface area contributed by atoms with Crippen LogP contribution in [-0.4, -0.2) is 21.8 Å². The first-order chi connectivity index (χ1) is 11.2. The second-order valence-corrected chi connectivity index (χ2v) is 5.52. The Morgan fingerprint density at radius 3 is 2.43 bits per heavy atom. The molecule has 0 saturated carbocycles. The number of nitrogens with one attached hydrogen (secondary N) is 1. The minimum absolute atomic E-state index is 0.283. The number of H-pyrrole nitrogens is 1. The molecule has 0 amide bonds. The first-order valence-electron chi connectivity index (χ1n) is 7.54. The number of rotatable bonds is 6. The molecule has 1 heterocycles. The predicted molar refractivity (Wildman–Crippen MR) is 88.5 cm³/mol. The summed E-state index contributed by atoms with van der Waals surface area (Å²) >= 11 is 0. The molecule has 2 aromatic carbocycles. The quantitative estimate of drug-likeness (QED) is 0.539. The van der Waals surface area contributed by atoms with E-state index in [1.54, 1.807) is 30.3 Å². The van der Waals surface area contributed by atoms with Gasteiger partial charge in [0.25, 0.3) is 0 Å². The van der Waals surface area contributed by atoms with Crippen molar-refractivity contribution in [2.45, 2.75) is 12.8 Å². The molecule has 1 unspecified atom stereocenters. The van der Waals surface area contributed by atoms with Crippen LogP contribution < -0.4 is 0 Å². The zero-order chi connectivity index (χ0) is 16.2. The summed E-state index contributed by atoms with van der Waals surface area (Å²) in [4.78, 5) is 27.1. The molecule has 4 heteroatoms. The lowest BCUT2D eigenvalue weighted by Crippen LogP contribution is -2.24. The molecule has 0 spiro atoms. The third-order valence-corrected chi connectivity index (χ3v) is 4.05. The molecule has 3 rings (SSSR count). The number of benzene rings is 2. The number of hydrogen-bond donors (Lipinski definition) is 2. The molecule has 2 N–H and O–H groups in total. The van der Waals surface area contributed by atoms with E-state index in [1.807, 2.05) is 30.5 Å². The second-order valence-electron chi connectivity index (χ2n) is 5.52. The second kappa shape index (κ2) is 6.48. The van der Waals surface area contributed by atoms with Gasteiger partial charge in [-0.1, -0.05) is 48.5 Å². The van der Waals surface area contributed by atoms with Crippen LogP contribution in [0.3, 0.4) is 0 Å². The van der Waals surface area contributed by atoms with E-state index < -0.39 is 11.9 Å². The van der Waals surface area contributed by atoms with E-state index >= 15 is 0 Å². The number of hydrogen-bond acceptors (Lipinski definition) is 2. The summed E-state index contributed by atoms with van der Waals surface area (Å²) in [7, 11) is 0. The maximum absolute atomic E-state index is 12.4. The van der Waals surface area contributed by atoms with Crippen molar-refractivity contribution < 1.29 is 14.7 Å². The van der Waals surface area contributed by atoms with Crippen molar-refractivity contribution in [3.63, 3.8) is 0 Å². The first kappa shape index (κ1) is 15.0. The third-order valence-electron chi connectivity index (χ3n) is 4.05. The Labute approximate surface area is 133 Å². The number of carboxylic acid groups (broad SMARTS) is 1. The van der Waals surface area contributed by atoms with Gasteiger partial charge in [0.2, 0.25) is 0 Å². The van der Waals surface area contributed by atoms with Gasteiger partial charge in [-0.25, -0.2) is 0 Å². The van der Waals surface area contributed by atoms with Gasteiger partial charge in [-0.3, -0.25) is 9.59 Å². The lowest BCUT2D eigenvalue weighted by molar-refractivity contribution is -0.140. The molecule has 0 radical (unpaired) electrons. The summed E-state index contributed by atoms with van der Waals surface area (Å²) in [6.07, 6.45) is 2.71. The van der Waals surface area contributed by atoms with Crippen molar-refractivity contribution in [3.05, 3.63) is 71.9 Å². The van der Waals surface area contributed by atoms with Gasteiger partial charge in [0.1, 0.15) is 5.92 Å². The van der Waals surface area contributed by atoms with E-state index in [-0.39, 0.29) is 12.2 Å². The average molecular weight is 307 g/mol. The van der Waals surface area contributed by atoms with Gasteiger partial charge in [0.15, 0.2) is 5.78 Å². The normalized spacial score (nSPS) is 12.2. The monoisotopic (exact) mass is 307 g/mol. The number of para-hydroxylation sites is 1. The molecule has 0 aliphatic heterocycles. The van der Waals surface area contributed by atoms with Crippen molar-refractivity contribution in [3.8, 4) is 0 Å². The maximum atomic E-state index is 12.4. The SMILES string of the molecule is O=C(O)C(CCc1c[nH]c2ccccc12)C(=O)c1ccccc1. The molecule has 0 aliphatic carbocycles. The number of aryl methyl sites for hydroxylation is 1. The molecule has 3 aromatic rings. The smallest absolute Gasteiger partial charge is 0.314 e. The van der Waals surface area contributed by atoms with Crippen LogP contribution in [0.4, 0.5) is 0 Å². The molecule has 0 fully saturated rings. The Morgan fingerprint density at radius 1 is 1.00 bits per heavy atom. The van der Waals surface area contributed by atoms with E-state index in [9.17, 15) is 14.7 Å². The highest BCUT2D eigenvalue weighted by molar-refractivity contribution is 6.08. The Hall–Kier alpha value is -2.88.